The lowest BCUT2D eigenvalue weighted by atomic mass is 9.90. The monoisotopic (exact) mass is 230 g/mol. The molecule has 0 radical (unpaired) electrons. The second-order valence-electron chi connectivity index (χ2n) is 4.08. The van der Waals surface area contributed by atoms with E-state index in [2.05, 4.69) is 0 Å². The van der Waals surface area contributed by atoms with Gasteiger partial charge in [-0.2, -0.15) is 0 Å². The first-order valence-corrected chi connectivity index (χ1v) is 5.48. The molecule has 0 spiro atoms. The summed E-state index contributed by atoms with van der Waals surface area (Å²) in [5.41, 5.74) is 2.77. The third-order valence-electron chi connectivity index (χ3n) is 2.88. The lowest BCUT2D eigenvalue weighted by Crippen LogP contribution is -2.15. The molecule has 1 N–H and O–H groups in total. The van der Waals surface area contributed by atoms with Gasteiger partial charge in [0.1, 0.15) is 0 Å². The van der Waals surface area contributed by atoms with Crippen LogP contribution in [-0.2, 0) is 11.2 Å². The van der Waals surface area contributed by atoms with Gasteiger partial charge >= 0.3 is 5.97 Å². The maximum absolute atomic E-state index is 11.3. The molecule has 0 amide bonds. The van der Waals surface area contributed by atoms with Crippen LogP contribution >= 0.6 is 0 Å². The first-order valence-electron chi connectivity index (χ1n) is 5.48. The molecule has 0 fully saturated rings. The maximum Gasteiger partial charge on any atom is 0.311 e. The summed E-state index contributed by atoms with van der Waals surface area (Å²) < 4.78 is 4.97. The van der Waals surface area contributed by atoms with Crippen LogP contribution in [0.4, 0.5) is 0 Å². The molecule has 17 heavy (non-hydrogen) atoms. The Morgan fingerprint density at radius 1 is 1.35 bits per heavy atom. The normalized spacial score (nSPS) is 12.3. The van der Waals surface area contributed by atoms with Gasteiger partial charge in [0, 0.05) is 0 Å². The predicted octanol–water partition coefficient (Wildman–Crippen LogP) is 3.00. The summed E-state index contributed by atoms with van der Waals surface area (Å²) in [5.74, 6) is -1.32. The zero-order valence-electron chi connectivity index (χ0n) is 9.59. The van der Waals surface area contributed by atoms with Crippen LogP contribution in [-0.4, -0.2) is 11.1 Å². The number of aliphatic carboxylic acids is 1. The second-order valence-corrected chi connectivity index (χ2v) is 4.08. The third kappa shape index (κ3) is 2.56. The Hall–Kier alpha value is -2.03. The Kier molecular flexibility index (Phi) is 3.28. The van der Waals surface area contributed by atoms with Crippen LogP contribution in [0.15, 0.2) is 47.3 Å². The summed E-state index contributed by atoms with van der Waals surface area (Å²) in [6.07, 6.45) is 3.61. The van der Waals surface area contributed by atoms with E-state index in [-0.39, 0.29) is 0 Å². The number of furan rings is 1. The van der Waals surface area contributed by atoms with Gasteiger partial charge in [-0.05, 0) is 36.1 Å². The minimum atomic E-state index is -0.805. The van der Waals surface area contributed by atoms with Gasteiger partial charge in [-0.15, -0.1) is 0 Å². The van der Waals surface area contributed by atoms with E-state index in [4.69, 9.17) is 4.42 Å². The minimum absolute atomic E-state index is 0.455. The maximum atomic E-state index is 11.3. The zero-order chi connectivity index (χ0) is 12.3. The van der Waals surface area contributed by atoms with Gasteiger partial charge in [0.25, 0.3) is 0 Å². The summed E-state index contributed by atoms with van der Waals surface area (Å²) >= 11 is 0. The topological polar surface area (TPSA) is 50.4 Å². The Labute approximate surface area is 99.7 Å². The molecule has 0 bridgehead atoms. The summed E-state index contributed by atoms with van der Waals surface area (Å²) in [4.78, 5) is 11.3. The number of carbonyl (C=O) groups is 1. The van der Waals surface area contributed by atoms with Crippen LogP contribution in [0.2, 0.25) is 0 Å². The summed E-state index contributed by atoms with van der Waals surface area (Å²) in [6.45, 7) is 1.93. The quantitative estimate of drug-likeness (QED) is 0.878. The molecule has 0 saturated carbocycles. The van der Waals surface area contributed by atoms with E-state index in [1.807, 2.05) is 31.2 Å². The lowest BCUT2D eigenvalue weighted by Gasteiger charge is -2.14. The second kappa shape index (κ2) is 4.87. The molecule has 3 heteroatoms. The van der Waals surface area contributed by atoms with Gasteiger partial charge in [0.2, 0.25) is 0 Å². The van der Waals surface area contributed by atoms with Crippen molar-refractivity contribution in [3.63, 3.8) is 0 Å². The van der Waals surface area contributed by atoms with Crippen LogP contribution < -0.4 is 0 Å². The summed E-state index contributed by atoms with van der Waals surface area (Å²) in [7, 11) is 0. The number of hydrogen-bond acceptors (Lipinski definition) is 2. The molecular weight excluding hydrogens is 216 g/mol. The highest BCUT2D eigenvalue weighted by Crippen LogP contribution is 2.24. The Bertz CT molecular complexity index is 500. The number of hydrogen-bond donors (Lipinski definition) is 1. The highest BCUT2D eigenvalue weighted by atomic mass is 16.4. The van der Waals surface area contributed by atoms with Gasteiger partial charge in [-0.1, -0.05) is 24.3 Å². The first-order chi connectivity index (χ1) is 8.18. The summed E-state index contributed by atoms with van der Waals surface area (Å²) in [5, 5.41) is 9.32. The van der Waals surface area contributed by atoms with Crippen molar-refractivity contribution in [2.75, 3.05) is 0 Å². The largest absolute Gasteiger partial charge is 0.481 e. The number of benzene rings is 1. The highest BCUT2D eigenvalue weighted by Gasteiger charge is 2.22. The average molecular weight is 230 g/mol. The molecule has 1 atom stereocenters. The number of aryl methyl sites for hydroxylation is 1. The molecule has 0 saturated heterocycles. The van der Waals surface area contributed by atoms with E-state index in [0.29, 0.717) is 6.42 Å². The molecule has 3 nitrogen and oxygen atoms in total. The van der Waals surface area contributed by atoms with Crippen molar-refractivity contribution < 1.29 is 14.3 Å². The van der Waals surface area contributed by atoms with E-state index in [1.54, 1.807) is 18.6 Å². The van der Waals surface area contributed by atoms with Crippen molar-refractivity contribution in [2.24, 2.45) is 0 Å². The van der Waals surface area contributed by atoms with Gasteiger partial charge in [-0.3, -0.25) is 4.79 Å². The van der Waals surface area contributed by atoms with Crippen LogP contribution in [0.3, 0.4) is 0 Å². The fourth-order valence-corrected chi connectivity index (χ4v) is 1.95. The summed E-state index contributed by atoms with van der Waals surface area (Å²) in [6, 6.07) is 9.38. The van der Waals surface area contributed by atoms with Crippen LogP contribution in [0.1, 0.15) is 22.6 Å². The van der Waals surface area contributed by atoms with Gasteiger partial charge in [0.15, 0.2) is 0 Å². The Morgan fingerprint density at radius 3 is 2.71 bits per heavy atom. The van der Waals surface area contributed by atoms with E-state index in [0.717, 1.165) is 16.7 Å². The van der Waals surface area contributed by atoms with E-state index >= 15 is 0 Å². The van der Waals surface area contributed by atoms with Crippen LogP contribution in [0, 0.1) is 6.92 Å². The lowest BCUT2D eigenvalue weighted by molar-refractivity contribution is -0.138. The van der Waals surface area contributed by atoms with Gasteiger partial charge < -0.3 is 9.52 Å². The molecule has 1 unspecified atom stereocenters. The minimum Gasteiger partial charge on any atom is -0.481 e. The predicted molar refractivity (Wildman–Crippen MR) is 64.0 cm³/mol. The van der Waals surface area contributed by atoms with Gasteiger partial charge in [-0.25, -0.2) is 0 Å². The number of rotatable bonds is 4. The SMILES string of the molecule is Cc1ccccc1C(Cc1ccoc1)C(=O)O. The van der Waals surface area contributed by atoms with E-state index < -0.39 is 11.9 Å². The average Bonchev–Trinajstić information content (AvgIpc) is 2.79. The highest BCUT2D eigenvalue weighted by molar-refractivity contribution is 5.77. The van der Waals surface area contributed by atoms with E-state index in [9.17, 15) is 9.90 Å². The molecule has 1 heterocycles. The number of carboxylic acids is 1. The molecule has 1 aromatic carbocycles. The van der Waals surface area contributed by atoms with Crippen molar-refractivity contribution in [1.82, 2.24) is 0 Å². The zero-order valence-corrected chi connectivity index (χ0v) is 9.59. The molecular formula is C14H14O3. The van der Waals surface area contributed by atoms with Crippen molar-refractivity contribution >= 4 is 5.97 Å². The standard InChI is InChI=1S/C14H14O3/c1-10-4-2-3-5-12(10)13(14(15)16)8-11-6-7-17-9-11/h2-7,9,13H,8H2,1H3,(H,15,16). The molecule has 88 valence electrons. The smallest absolute Gasteiger partial charge is 0.311 e. The third-order valence-corrected chi connectivity index (χ3v) is 2.88. The van der Waals surface area contributed by atoms with Crippen LogP contribution in [0.5, 0.6) is 0 Å². The Balaban J connectivity index is 2.30. The van der Waals surface area contributed by atoms with Crippen LogP contribution in [0.25, 0.3) is 0 Å². The first kappa shape index (κ1) is 11.5. The van der Waals surface area contributed by atoms with Crippen molar-refractivity contribution in [1.29, 1.82) is 0 Å². The molecule has 0 aliphatic carbocycles. The van der Waals surface area contributed by atoms with Crippen molar-refractivity contribution in [3.8, 4) is 0 Å². The molecule has 2 rings (SSSR count). The fraction of sp³-hybridized carbons (Fsp3) is 0.214. The van der Waals surface area contributed by atoms with E-state index in [1.165, 1.54) is 0 Å². The molecule has 0 aliphatic heterocycles. The number of carboxylic acid groups (broad SMARTS) is 1. The van der Waals surface area contributed by atoms with Gasteiger partial charge in [0.05, 0.1) is 18.4 Å². The fourth-order valence-electron chi connectivity index (χ4n) is 1.95. The molecule has 2 aromatic rings. The molecule has 1 aromatic heterocycles. The molecule has 0 aliphatic rings. The van der Waals surface area contributed by atoms with Crippen molar-refractivity contribution in [3.05, 3.63) is 59.5 Å². The Morgan fingerprint density at radius 2 is 2.12 bits per heavy atom. The van der Waals surface area contributed by atoms with Crippen molar-refractivity contribution in [2.45, 2.75) is 19.3 Å².